The largest absolute Gasteiger partial charge is 0.360 e. The van der Waals surface area contributed by atoms with E-state index in [1.807, 2.05) is 6.20 Å². The first-order valence-corrected chi connectivity index (χ1v) is 6.89. The third-order valence-corrected chi connectivity index (χ3v) is 3.29. The average Bonchev–Trinajstić information content (AvgIpc) is 2.93. The van der Waals surface area contributed by atoms with Crippen molar-refractivity contribution >= 4 is 17.4 Å². The number of nitrogens with one attached hydrogen (secondary N) is 2. The maximum Gasteiger partial charge on any atom is 0.137 e. The molecule has 102 valence electrons. The number of hydrogen-bond donors (Lipinski definition) is 2. The van der Waals surface area contributed by atoms with Crippen LogP contribution < -0.4 is 5.32 Å². The summed E-state index contributed by atoms with van der Waals surface area (Å²) in [6.07, 6.45) is 7.81. The number of H-pyrrole nitrogens is 1. The molecule has 5 nitrogen and oxygen atoms in total. The van der Waals surface area contributed by atoms with Crippen molar-refractivity contribution < 1.29 is 0 Å². The number of hydrogen-bond acceptors (Lipinski definition) is 4. The van der Waals surface area contributed by atoms with Gasteiger partial charge in [-0.1, -0.05) is 31.9 Å². The summed E-state index contributed by atoms with van der Waals surface area (Å²) in [6.45, 7) is 4.21. The Morgan fingerprint density at radius 1 is 1.32 bits per heavy atom. The van der Waals surface area contributed by atoms with Crippen LogP contribution in [-0.2, 0) is 6.42 Å². The van der Waals surface area contributed by atoms with Crippen molar-refractivity contribution in [3.05, 3.63) is 35.3 Å². The van der Waals surface area contributed by atoms with Crippen LogP contribution in [0.25, 0.3) is 0 Å². The summed E-state index contributed by atoms with van der Waals surface area (Å²) in [5, 5.41) is 3.92. The highest BCUT2D eigenvalue weighted by Gasteiger charge is 2.16. The molecular weight excluding hydrogens is 262 g/mol. The van der Waals surface area contributed by atoms with Gasteiger partial charge in [0.05, 0.1) is 6.04 Å². The standard InChI is InChI=1S/C13H18ClN5/c1-3-5-9-11(14)17-8-18-12(9)19-10(4-2)13-15-6-7-16-13/h6-8,10H,3-5H2,1-2H3,(H,15,16)(H,17,18,19). The molecule has 0 saturated heterocycles. The third kappa shape index (κ3) is 3.23. The van der Waals surface area contributed by atoms with Crippen molar-refractivity contribution in [2.24, 2.45) is 0 Å². The molecule has 6 heteroatoms. The Balaban J connectivity index is 2.24. The Kier molecular flexibility index (Phi) is 4.74. The second kappa shape index (κ2) is 6.52. The van der Waals surface area contributed by atoms with E-state index in [-0.39, 0.29) is 6.04 Å². The third-order valence-electron chi connectivity index (χ3n) is 2.96. The van der Waals surface area contributed by atoms with E-state index in [9.17, 15) is 0 Å². The highest BCUT2D eigenvalue weighted by atomic mass is 35.5. The first-order chi connectivity index (χ1) is 9.26. The molecule has 1 unspecified atom stereocenters. The lowest BCUT2D eigenvalue weighted by atomic mass is 10.1. The minimum Gasteiger partial charge on any atom is -0.360 e. The minimum absolute atomic E-state index is 0.0940. The second-order valence-corrected chi connectivity index (χ2v) is 4.68. The van der Waals surface area contributed by atoms with Crippen molar-refractivity contribution in [2.45, 2.75) is 39.2 Å². The molecule has 2 N–H and O–H groups in total. The normalized spacial score (nSPS) is 12.4. The van der Waals surface area contributed by atoms with Gasteiger partial charge < -0.3 is 10.3 Å². The molecule has 1 atom stereocenters. The molecular formula is C13H18ClN5. The summed E-state index contributed by atoms with van der Waals surface area (Å²) in [4.78, 5) is 15.8. The Labute approximate surface area is 117 Å². The molecule has 0 saturated carbocycles. The first kappa shape index (κ1) is 13.8. The monoisotopic (exact) mass is 279 g/mol. The zero-order valence-electron chi connectivity index (χ0n) is 11.2. The molecule has 2 aromatic rings. The van der Waals surface area contributed by atoms with Crippen molar-refractivity contribution in [2.75, 3.05) is 5.32 Å². The number of halogens is 1. The number of nitrogens with zero attached hydrogens (tertiary/aromatic N) is 3. The number of rotatable bonds is 6. The van der Waals surface area contributed by atoms with Crippen LogP contribution in [0.15, 0.2) is 18.7 Å². The Hall–Kier alpha value is -1.62. The van der Waals surface area contributed by atoms with Gasteiger partial charge in [-0.15, -0.1) is 0 Å². The van der Waals surface area contributed by atoms with E-state index in [1.165, 1.54) is 6.33 Å². The van der Waals surface area contributed by atoms with Crippen LogP contribution in [0.3, 0.4) is 0 Å². The van der Waals surface area contributed by atoms with E-state index < -0.39 is 0 Å². The van der Waals surface area contributed by atoms with Gasteiger partial charge in [-0.3, -0.25) is 0 Å². The topological polar surface area (TPSA) is 66.5 Å². The van der Waals surface area contributed by atoms with E-state index in [2.05, 4.69) is 39.1 Å². The SMILES string of the molecule is CCCc1c(Cl)ncnc1NC(CC)c1ncc[nH]1. The van der Waals surface area contributed by atoms with E-state index in [0.717, 1.165) is 36.5 Å². The molecule has 19 heavy (non-hydrogen) atoms. The smallest absolute Gasteiger partial charge is 0.137 e. The van der Waals surface area contributed by atoms with Gasteiger partial charge in [0, 0.05) is 18.0 Å². The van der Waals surface area contributed by atoms with Crippen LogP contribution in [0.4, 0.5) is 5.82 Å². The first-order valence-electron chi connectivity index (χ1n) is 6.51. The molecule has 0 amide bonds. The van der Waals surface area contributed by atoms with Gasteiger partial charge in [-0.05, 0) is 12.8 Å². The van der Waals surface area contributed by atoms with Gasteiger partial charge in [-0.2, -0.15) is 0 Å². The highest BCUT2D eigenvalue weighted by Crippen LogP contribution is 2.25. The fourth-order valence-corrected chi connectivity index (χ4v) is 2.21. The minimum atomic E-state index is 0.0940. The second-order valence-electron chi connectivity index (χ2n) is 4.32. The molecule has 0 aromatic carbocycles. The lowest BCUT2D eigenvalue weighted by Crippen LogP contribution is -2.14. The Morgan fingerprint density at radius 3 is 2.79 bits per heavy atom. The number of anilines is 1. The molecule has 0 bridgehead atoms. The summed E-state index contributed by atoms with van der Waals surface area (Å²) in [7, 11) is 0. The summed E-state index contributed by atoms with van der Waals surface area (Å²) < 4.78 is 0. The van der Waals surface area contributed by atoms with E-state index >= 15 is 0 Å². The van der Waals surface area contributed by atoms with Crippen LogP contribution >= 0.6 is 11.6 Å². The fraction of sp³-hybridized carbons (Fsp3) is 0.462. The quantitative estimate of drug-likeness (QED) is 0.796. The number of aromatic amines is 1. The summed E-state index contributed by atoms with van der Waals surface area (Å²) in [6, 6.07) is 0.0940. The number of aromatic nitrogens is 4. The van der Waals surface area contributed by atoms with Gasteiger partial charge in [0.15, 0.2) is 0 Å². The predicted molar refractivity (Wildman–Crippen MR) is 76.3 cm³/mol. The zero-order valence-corrected chi connectivity index (χ0v) is 11.9. The van der Waals surface area contributed by atoms with Crippen LogP contribution in [0.5, 0.6) is 0 Å². The van der Waals surface area contributed by atoms with E-state index in [0.29, 0.717) is 5.15 Å². The average molecular weight is 280 g/mol. The molecule has 2 heterocycles. The van der Waals surface area contributed by atoms with E-state index in [1.54, 1.807) is 6.20 Å². The molecule has 0 aliphatic carbocycles. The maximum absolute atomic E-state index is 6.15. The molecule has 0 aliphatic heterocycles. The summed E-state index contributed by atoms with van der Waals surface area (Å²) in [5.41, 5.74) is 0.969. The molecule has 0 spiro atoms. The lowest BCUT2D eigenvalue weighted by Gasteiger charge is -2.18. The molecule has 0 aliphatic rings. The lowest BCUT2D eigenvalue weighted by molar-refractivity contribution is 0.696. The Bertz CT molecular complexity index is 512. The maximum atomic E-state index is 6.15. The zero-order chi connectivity index (χ0) is 13.7. The van der Waals surface area contributed by atoms with E-state index in [4.69, 9.17) is 11.6 Å². The molecule has 2 rings (SSSR count). The molecule has 2 aromatic heterocycles. The summed E-state index contributed by atoms with van der Waals surface area (Å²) >= 11 is 6.15. The predicted octanol–water partition coefficient (Wildman–Crippen LogP) is 3.37. The van der Waals surface area contributed by atoms with Gasteiger partial charge in [0.2, 0.25) is 0 Å². The summed E-state index contributed by atoms with van der Waals surface area (Å²) in [5.74, 6) is 1.70. The van der Waals surface area contributed by atoms with Crippen LogP contribution in [0.1, 0.15) is 44.1 Å². The van der Waals surface area contributed by atoms with Gasteiger partial charge in [0.1, 0.15) is 23.1 Å². The fourth-order valence-electron chi connectivity index (χ4n) is 1.98. The van der Waals surface area contributed by atoms with Crippen LogP contribution in [0.2, 0.25) is 5.15 Å². The van der Waals surface area contributed by atoms with Crippen LogP contribution in [0, 0.1) is 0 Å². The van der Waals surface area contributed by atoms with Crippen LogP contribution in [-0.4, -0.2) is 19.9 Å². The highest BCUT2D eigenvalue weighted by molar-refractivity contribution is 6.30. The molecule has 0 fully saturated rings. The van der Waals surface area contributed by atoms with Gasteiger partial charge in [0.25, 0.3) is 0 Å². The molecule has 0 radical (unpaired) electrons. The van der Waals surface area contributed by atoms with Gasteiger partial charge >= 0.3 is 0 Å². The van der Waals surface area contributed by atoms with Crippen molar-refractivity contribution in [1.29, 1.82) is 0 Å². The van der Waals surface area contributed by atoms with Crippen molar-refractivity contribution in [1.82, 2.24) is 19.9 Å². The van der Waals surface area contributed by atoms with Crippen molar-refractivity contribution in [3.63, 3.8) is 0 Å². The number of imidazole rings is 1. The Morgan fingerprint density at radius 2 is 2.16 bits per heavy atom. The van der Waals surface area contributed by atoms with Gasteiger partial charge in [-0.25, -0.2) is 15.0 Å². The van der Waals surface area contributed by atoms with Crippen molar-refractivity contribution in [3.8, 4) is 0 Å².